The molecule has 1 amide bonds. The van der Waals surface area contributed by atoms with Crippen molar-refractivity contribution < 1.29 is 4.79 Å². The fraction of sp³-hybridized carbons (Fsp3) is 0.250. The molecule has 6 nitrogen and oxygen atoms in total. The Labute approximate surface area is 172 Å². The first-order valence-electron chi connectivity index (χ1n) is 8.91. The molecule has 0 unspecified atom stereocenters. The number of rotatable bonds is 3. The van der Waals surface area contributed by atoms with Crippen LogP contribution < -0.4 is 10.7 Å². The predicted molar refractivity (Wildman–Crippen MR) is 113 cm³/mol. The summed E-state index contributed by atoms with van der Waals surface area (Å²) in [5.74, 6) is 0.660. The van der Waals surface area contributed by atoms with E-state index in [4.69, 9.17) is 11.6 Å². The molecule has 0 fully saturated rings. The zero-order valence-corrected chi connectivity index (χ0v) is 17.3. The lowest BCUT2D eigenvalue weighted by atomic mass is 10.0. The molecule has 0 saturated carbocycles. The molecular formula is C20H20ClN5OS. The summed E-state index contributed by atoms with van der Waals surface area (Å²) in [5.41, 5.74) is 7.30. The van der Waals surface area contributed by atoms with Gasteiger partial charge in [0.2, 0.25) is 11.1 Å². The summed E-state index contributed by atoms with van der Waals surface area (Å²) in [6.07, 6.45) is 0. The van der Waals surface area contributed by atoms with Gasteiger partial charge in [0.15, 0.2) is 0 Å². The van der Waals surface area contributed by atoms with Gasteiger partial charge in [-0.3, -0.25) is 4.79 Å². The lowest BCUT2D eigenvalue weighted by Crippen LogP contribution is -2.41. The normalized spacial score (nSPS) is 18.3. The van der Waals surface area contributed by atoms with Crippen molar-refractivity contribution in [2.45, 2.75) is 37.2 Å². The van der Waals surface area contributed by atoms with Gasteiger partial charge >= 0.3 is 0 Å². The Morgan fingerprint density at radius 1 is 1.14 bits per heavy atom. The Kier molecular flexibility index (Phi) is 5.03. The minimum absolute atomic E-state index is 0.0851. The Balaban J connectivity index is 1.68. The molecule has 0 bridgehead atoms. The quantitative estimate of drug-likeness (QED) is 0.671. The summed E-state index contributed by atoms with van der Waals surface area (Å²) in [6, 6.07) is 13.3. The lowest BCUT2D eigenvalue weighted by molar-refractivity contribution is -0.116. The van der Waals surface area contributed by atoms with Gasteiger partial charge in [0, 0.05) is 10.7 Å². The van der Waals surface area contributed by atoms with Crippen LogP contribution in [0.5, 0.6) is 0 Å². The van der Waals surface area contributed by atoms with E-state index >= 15 is 0 Å². The van der Waals surface area contributed by atoms with Crippen LogP contribution in [0.2, 0.25) is 5.02 Å². The molecule has 2 aromatic carbocycles. The van der Waals surface area contributed by atoms with Gasteiger partial charge in [-0.2, -0.15) is 0 Å². The van der Waals surface area contributed by atoms with E-state index < -0.39 is 5.25 Å². The highest BCUT2D eigenvalue weighted by Gasteiger charge is 2.37. The van der Waals surface area contributed by atoms with Crippen LogP contribution in [-0.4, -0.2) is 26.0 Å². The van der Waals surface area contributed by atoms with Crippen LogP contribution in [0.1, 0.15) is 28.6 Å². The number of carbonyl (C=O) groups excluding carboxylic acids is 1. The smallest absolute Gasteiger partial charge is 0.240 e. The van der Waals surface area contributed by atoms with Crippen molar-refractivity contribution in [1.82, 2.24) is 14.9 Å². The van der Waals surface area contributed by atoms with Gasteiger partial charge in [-0.1, -0.05) is 47.6 Å². The molecule has 1 aliphatic rings. The average molecular weight is 414 g/mol. The minimum Gasteiger partial charge on any atom is -0.325 e. The number of hydrogen-bond acceptors (Lipinski definition) is 5. The number of benzene rings is 2. The molecule has 28 heavy (non-hydrogen) atoms. The molecule has 144 valence electrons. The molecule has 3 aromatic rings. The largest absolute Gasteiger partial charge is 0.325 e. The van der Waals surface area contributed by atoms with Crippen LogP contribution in [0.3, 0.4) is 0 Å². The molecule has 8 heteroatoms. The van der Waals surface area contributed by atoms with Crippen LogP contribution in [0.4, 0.5) is 5.69 Å². The highest BCUT2D eigenvalue weighted by atomic mass is 35.5. The summed E-state index contributed by atoms with van der Waals surface area (Å²) < 4.78 is 1.83. The van der Waals surface area contributed by atoms with Crippen molar-refractivity contribution in [2.24, 2.45) is 0 Å². The van der Waals surface area contributed by atoms with E-state index in [1.165, 1.54) is 11.8 Å². The Bertz CT molecular complexity index is 1030. The summed E-state index contributed by atoms with van der Waals surface area (Å²) in [6.45, 7) is 5.87. The summed E-state index contributed by atoms with van der Waals surface area (Å²) in [4.78, 5) is 13.2. The number of carbonyl (C=O) groups is 1. The summed E-state index contributed by atoms with van der Waals surface area (Å²) in [7, 11) is 0. The maximum atomic E-state index is 13.2. The van der Waals surface area contributed by atoms with Gasteiger partial charge in [0.05, 0.1) is 6.04 Å². The van der Waals surface area contributed by atoms with Gasteiger partial charge in [-0.05, 0) is 55.7 Å². The molecule has 1 aliphatic heterocycles. The second-order valence-corrected chi connectivity index (χ2v) is 8.41. The Morgan fingerprint density at radius 2 is 1.89 bits per heavy atom. The van der Waals surface area contributed by atoms with Crippen LogP contribution in [-0.2, 0) is 4.79 Å². The predicted octanol–water partition coefficient (Wildman–Crippen LogP) is 4.25. The van der Waals surface area contributed by atoms with E-state index in [9.17, 15) is 4.79 Å². The van der Waals surface area contributed by atoms with Crippen molar-refractivity contribution in [2.75, 3.05) is 10.7 Å². The SMILES string of the molecule is Cc1ccc(C)c(NC(=O)[C@@H]2Sc3nnc(C)n3N[C@@H]2c2ccc(Cl)cc2)c1. The molecule has 0 aliphatic carbocycles. The number of amides is 1. The minimum atomic E-state index is -0.419. The topological polar surface area (TPSA) is 71.8 Å². The molecular weight excluding hydrogens is 394 g/mol. The van der Waals surface area contributed by atoms with Gasteiger partial charge in [-0.25, -0.2) is 4.68 Å². The number of anilines is 1. The second-order valence-electron chi connectivity index (χ2n) is 6.87. The van der Waals surface area contributed by atoms with Crippen LogP contribution in [0, 0.1) is 20.8 Å². The number of fused-ring (bicyclic) bond motifs is 1. The van der Waals surface area contributed by atoms with Gasteiger partial charge in [0.1, 0.15) is 11.1 Å². The zero-order valence-electron chi connectivity index (χ0n) is 15.7. The third-order valence-corrected chi connectivity index (χ3v) is 6.20. The Morgan fingerprint density at radius 3 is 2.64 bits per heavy atom. The first kappa shape index (κ1) is 18.8. The number of halogens is 1. The lowest BCUT2D eigenvalue weighted by Gasteiger charge is -2.33. The summed E-state index contributed by atoms with van der Waals surface area (Å²) >= 11 is 7.45. The van der Waals surface area contributed by atoms with E-state index in [1.54, 1.807) is 0 Å². The van der Waals surface area contributed by atoms with Gasteiger partial charge < -0.3 is 10.7 Å². The standard InChI is InChI=1S/C20H20ClN5OS/c1-11-4-5-12(2)16(10-11)22-19(27)18-17(14-6-8-15(21)9-7-14)25-26-13(3)23-24-20(26)28-18/h4-10,17-18,25H,1-3H3,(H,22,27)/t17-,18-/m1/s1. The number of nitrogens with one attached hydrogen (secondary N) is 2. The van der Waals surface area contributed by atoms with Crippen LogP contribution >= 0.6 is 23.4 Å². The highest BCUT2D eigenvalue weighted by molar-refractivity contribution is 8.00. The molecule has 2 N–H and O–H groups in total. The summed E-state index contributed by atoms with van der Waals surface area (Å²) in [5, 5.41) is 12.3. The molecule has 0 saturated heterocycles. The number of aryl methyl sites for hydroxylation is 3. The molecule has 1 aromatic heterocycles. The third-order valence-electron chi connectivity index (χ3n) is 4.74. The highest BCUT2D eigenvalue weighted by Crippen LogP contribution is 2.38. The number of nitrogens with zero attached hydrogens (tertiary/aromatic N) is 3. The third kappa shape index (κ3) is 3.59. The zero-order chi connectivity index (χ0) is 19.8. The molecule has 2 heterocycles. The molecule has 2 atom stereocenters. The van der Waals surface area contributed by atoms with Gasteiger partial charge in [-0.15, -0.1) is 10.2 Å². The van der Waals surface area contributed by atoms with Crippen molar-refractivity contribution in [3.05, 3.63) is 70.0 Å². The molecule has 0 spiro atoms. The van der Waals surface area contributed by atoms with E-state index in [-0.39, 0.29) is 11.9 Å². The number of hydrogen-bond donors (Lipinski definition) is 2. The first-order valence-corrected chi connectivity index (χ1v) is 10.2. The van der Waals surface area contributed by atoms with Crippen molar-refractivity contribution >= 4 is 35.0 Å². The van der Waals surface area contributed by atoms with E-state index in [2.05, 4.69) is 20.9 Å². The maximum absolute atomic E-state index is 13.2. The van der Waals surface area contributed by atoms with Crippen molar-refractivity contribution in [3.8, 4) is 0 Å². The Hall–Kier alpha value is -2.51. The van der Waals surface area contributed by atoms with Gasteiger partial charge in [0.25, 0.3) is 0 Å². The van der Waals surface area contributed by atoms with E-state index in [0.29, 0.717) is 10.2 Å². The molecule has 0 radical (unpaired) electrons. The van der Waals surface area contributed by atoms with Crippen LogP contribution in [0.25, 0.3) is 0 Å². The fourth-order valence-corrected chi connectivity index (χ4v) is 4.41. The van der Waals surface area contributed by atoms with Crippen LogP contribution in [0.15, 0.2) is 47.6 Å². The van der Waals surface area contributed by atoms with E-state index in [1.807, 2.05) is 67.9 Å². The van der Waals surface area contributed by atoms with E-state index in [0.717, 1.165) is 28.2 Å². The first-order chi connectivity index (χ1) is 13.4. The van der Waals surface area contributed by atoms with Crippen molar-refractivity contribution in [1.29, 1.82) is 0 Å². The average Bonchev–Trinajstić information content (AvgIpc) is 3.04. The number of thioether (sulfide) groups is 1. The fourth-order valence-electron chi connectivity index (χ4n) is 3.16. The molecule has 4 rings (SSSR count). The number of aromatic nitrogens is 3. The monoisotopic (exact) mass is 413 g/mol. The van der Waals surface area contributed by atoms with Crippen molar-refractivity contribution in [3.63, 3.8) is 0 Å². The maximum Gasteiger partial charge on any atom is 0.240 e. The second kappa shape index (κ2) is 7.48.